The number of ether oxygens (including phenoxy) is 2. The van der Waals surface area contributed by atoms with Crippen LogP contribution in [0.4, 0.5) is 25.3 Å². The van der Waals surface area contributed by atoms with Crippen molar-refractivity contribution in [2.24, 2.45) is 0 Å². The van der Waals surface area contributed by atoms with Crippen molar-refractivity contribution in [1.29, 1.82) is 5.26 Å². The molecule has 1 amide bonds. The molecule has 11 nitrogen and oxygen atoms in total. The number of carbonyl (C=O) groups is 1. The maximum atomic E-state index is 14.9. The molecule has 4 heterocycles. The fraction of sp³-hybridized carbons (Fsp3) is 0.382. The van der Waals surface area contributed by atoms with E-state index in [1.165, 1.54) is 18.2 Å². The third-order valence-corrected chi connectivity index (χ3v) is 10.3. The number of carbonyl (C=O) groups excluding carboxylic acids is 1. The minimum absolute atomic E-state index is 0.0573. The van der Waals surface area contributed by atoms with Gasteiger partial charge in [0.2, 0.25) is 11.6 Å². The number of likely N-dealkylation sites (N-methyl/N-ethyl adjacent to an activating group) is 2. The van der Waals surface area contributed by atoms with Gasteiger partial charge in [-0.05, 0) is 49.7 Å². The van der Waals surface area contributed by atoms with Gasteiger partial charge in [0.15, 0.2) is 0 Å². The molecule has 4 atom stereocenters. The van der Waals surface area contributed by atoms with Crippen molar-refractivity contribution in [2.45, 2.75) is 37.1 Å². The number of benzene rings is 2. The van der Waals surface area contributed by atoms with Gasteiger partial charge in [-0.25, -0.2) is 13.6 Å². The smallest absolute Gasteiger partial charge is 0.319 e. The van der Waals surface area contributed by atoms with Crippen LogP contribution < -0.4 is 15.4 Å². The van der Waals surface area contributed by atoms with Crippen LogP contribution in [-0.2, 0) is 9.53 Å². The zero-order chi connectivity index (χ0) is 34.3. The summed E-state index contributed by atoms with van der Waals surface area (Å²) >= 11 is 0.984. The molecule has 2 saturated heterocycles. The second-order valence-corrected chi connectivity index (χ2v) is 13.1. The summed E-state index contributed by atoms with van der Waals surface area (Å²) < 4.78 is 40.9. The molecule has 0 bridgehead atoms. The Morgan fingerprint density at radius 2 is 2.12 bits per heavy atom. The molecule has 4 aromatic rings. The van der Waals surface area contributed by atoms with Gasteiger partial charge in [-0.2, -0.15) is 15.2 Å². The van der Waals surface area contributed by atoms with Crippen LogP contribution in [0.1, 0.15) is 18.4 Å². The number of nitrogen functional groups attached to an aromatic ring is 1. The summed E-state index contributed by atoms with van der Waals surface area (Å²) in [7, 11) is 5.28. The highest BCUT2D eigenvalue weighted by molar-refractivity contribution is 7.23. The molecule has 6 rings (SSSR count). The summed E-state index contributed by atoms with van der Waals surface area (Å²) in [6.45, 7) is 12.6. The number of nitrogens with two attached hydrogens (primary N) is 1. The second-order valence-electron chi connectivity index (χ2n) is 12.0. The number of hydrogen-bond donors (Lipinski definition) is 1. The van der Waals surface area contributed by atoms with Crippen LogP contribution in [0, 0.1) is 23.7 Å². The van der Waals surface area contributed by atoms with Crippen molar-refractivity contribution in [2.75, 3.05) is 58.1 Å². The average molecular weight is 673 g/mol. The van der Waals surface area contributed by atoms with Crippen LogP contribution in [0.25, 0.3) is 37.0 Å². The summed E-state index contributed by atoms with van der Waals surface area (Å²) in [4.78, 5) is 31.4. The molecule has 14 heteroatoms. The standard InChI is InChI=1S/C34H34F2N8O3S/c1-6-28(45)44-10-9-26(27(44)17-46-5)43(4)33-23-11-18(14-37)22(21-7-8-24(36)31-29(21)30(39-2)32(38)48-31)13-25(23)40-34(41-33)47-16-20-12-19(35)15-42(20)3/h6-8,11,13,19-20,26-27H,1,9-10,12,15-17,38H2,3-5H3/t19-,20+,26?,27-/m1/s1. The summed E-state index contributed by atoms with van der Waals surface area (Å²) in [6, 6.07) is 7.84. The van der Waals surface area contributed by atoms with Crippen LogP contribution in [0.3, 0.4) is 0 Å². The van der Waals surface area contributed by atoms with Crippen molar-refractivity contribution < 1.29 is 23.0 Å². The minimum atomic E-state index is -0.949. The van der Waals surface area contributed by atoms with Gasteiger partial charge in [0.05, 0.1) is 52.1 Å². The maximum Gasteiger partial charge on any atom is 0.319 e. The fourth-order valence-electron chi connectivity index (χ4n) is 6.88. The van der Waals surface area contributed by atoms with Gasteiger partial charge in [-0.15, -0.1) is 11.3 Å². The molecular formula is C34H34F2N8O3S. The van der Waals surface area contributed by atoms with Crippen LogP contribution in [0.5, 0.6) is 6.01 Å². The normalized spacial score (nSPS) is 21.0. The van der Waals surface area contributed by atoms with Crippen LogP contribution in [0.15, 0.2) is 36.9 Å². The predicted octanol–water partition coefficient (Wildman–Crippen LogP) is 5.31. The molecule has 0 saturated carbocycles. The Kier molecular flexibility index (Phi) is 9.16. The number of methoxy groups -OCH3 is 1. The van der Waals surface area contributed by atoms with E-state index in [0.717, 1.165) is 11.3 Å². The molecule has 2 aliphatic rings. The number of rotatable bonds is 9. The molecule has 2 fully saturated rings. The summed E-state index contributed by atoms with van der Waals surface area (Å²) in [6.07, 6.45) is 1.28. The number of hydrogen-bond acceptors (Lipinski definition) is 10. The number of halogens is 2. The van der Waals surface area contributed by atoms with E-state index in [0.29, 0.717) is 59.2 Å². The molecule has 2 aromatic heterocycles. The lowest BCUT2D eigenvalue weighted by molar-refractivity contribution is -0.127. The molecular weight excluding hydrogens is 638 g/mol. The minimum Gasteiger partial charge on any atom is -0.462 e. The molecule has 0 aliphatic carbocycles. The number of nitrogens with zero attached hydrogens (tertiary/aromatic N) is 7. The van der Waals surface area contributed by atoms with E-state index in [2.05, 4.69) is 17.5 Å². The van der Waals surface area contributed by atoms with E-state index in [9.17, 15) is 18.8 Å². The quantitative estimate of drug-likeness (QED) is 0.186. The number of amides is 1. The number of likely N-dealkylation sites (tertiary alicyclic amines) is 2. The lowest BCUT2D eigenvalue weighted by Crippen LogP contribution is -2.48. The number of alkyl halides is 1. The Labute approximate surface area is 280 Å². The summed E-state index contributed by atoms with van der Waals surface area (Å²) in [5.41, 5.74) is 7.83. The Bertz CT molecular complexity index is 2010. The van der Waals surface area contributed by atoms with Gasteiger partial charge in [-0.1, -0.05) is 12.6 Å². The molecule has 48 heavy (non-hydrogen) atoms. The lowest BCUT2D eigenvalue weighted by atomic mass is 9.95. The van der Waals surface area contributed by atoms with Gasteiger partial charge in [-0.3, -0.25) is 9.69 Å². The lowest BCUT2D eigenvalue weighted by Gasteiger charge is -2.33. The number of anilines is 2. The van der Waals surface area contributed by atoms with Crippen molar-refractivity contribution in [1.82, 2.24) is 19.8 Å². The van der Waals surface area contributed by atoms with Gasteiger partial charge >= 0.3 is 6.01 Å². The van der Waals surface area contributed by atoms with E-state index >= 15 is 0 Å². The molecule has 0 spiro atoms. The highest BCUT2D eigenvalue weighted by Crippen LogP contribution is 2.47. The van der Waals surface area contributed by atoms with Crippen LogP contribution >= 0.6 is 11.3 Å². The van der Waals surface area contributed by atoms with E-state index in [1.807, 2.05) is 23.9 Å². The molecule has 2 aromatic carbocycles. The summed E-state index contributed by atoms with van der Waals surface area (Å²) in [5, 5.41) is 11.5. The van der Waals surface area contributed by atoms with E-state index < -0.39 is 12.0 Å². The molecule has 1 unspecified atom stereocenters. The molecule has 2 aliphatic heterocycles. The van der Waals surface area contributed by atoms with Crippen LogP contribution in [-0.4, -0.2) is 97.5 Å². The number of aromatic nitrogens is 2. The number of fused-ring (bicyclic) bond motifs is 2. The Hall–Kier alpha value is -4.89. The second kappa shape index (κ2) is 13.3. The average Bonchev–Trinajstić information content (AvgIpc) is 3.76. The third kappa shape index (κ3) is 5.76. The van der Waals surface area contributed by atoms with Crippen LogP contribution in [0.2, 0.25) is 0 Å². The first kappa shape index (κ1) is 33.0. The molecule has 2 N–H and O–H groups in total. The zero-order valence-electron chi connectivity index (χ0n) is 26.7. The first-order valence-corrected chi connectivity index (χ1v) is 16.2. The van der Waals surface area contributed by atoms with Crippen molar-refractivity contribution in [3.8, 4) is 23.2 Å². The number of nitriles is 1. The molecule has 248 valence electrons. The van der Waals surface area contributed by atoms with Gasteiger partial charge in [0.1, 0.15) is 24.4 Å². The Balaban J connectivity index is 1.51. The van der Waals surface area contributed by atoms with E-state index in [4.69, 9.17) is 31.7 Å². The first-order chi connectivity index (χ1) is 23.1. The Morgan fingerprint density at radius 3 is 2.79 bits per heavy atom. The topological polar surface area (TPSA) is 125 Å². The van der Waals surface area contributed by atoms with E-state index in [1.54, 1.807) is 24.1 Å². The summed E-state index contributed by atoms with van der Waals surface area (Å²) in [5.74, 6) is -0.252. The van der Waals surface area contributed by atoms with Gasteiger partial charge < -0.3 is 25.0 Å². The highest BCUT2D eigenvalue weighted by atomic mass is 32.1. The van der Waals surface area contributed by atoms with Crippen molar-refractivity contribution in [3.05, 3.63) is 59.7 Å². The van der Waals surface area contributed by atoms with Crippen molar-refractivity contribution >= 4 is 54.7 Å². The van der Waals surface area contributed by atoms with E-state index in [-0.39, 0.29) is 64.2 Å². The van der Waals surface area contributed by atoms with Gasteiger partial charge in [0, 0.05) is 49.6 Å². The van der Waals surface area contributed by atoms with Crippen molar-refractivity contribution in [3.63, 3.8) is 0 Å². The molecule has 0 radical (unpaired) electrons. The Morgan fingerprint density at radius 1 is 1.33 bits per heavy atom. The highest BCUT2D eigenvalue weighted by Gasteiger charge is 2.40. The largest absolute Gasteiger partial charge is 0.462 e. The van der Waals surface area contributed by atoms with Gasteiger partial charge in [0.25, 0.3) is 0 Å². The predicted molar refractivity (Wildman–Crippen MR) is 182 cm³/mol. The fourth-order valence-corrected chi connectivity index (χ4v) is 7.82. The SMILES string of the molecule is [C-]#[N+]c1c(N)sc2c(F)ccc(-c3cc4nc(OC[C@@H]5C[C@@H](F)CN5C)nc(N(C)C5CCN(C(=O)C=C)[C@@H]5COC)c4cc3C#N)c12. The third-order valence-electron chi connectivity index (χ3n) is 9.29. The number of thiophene rings is 1. The first-order valence-electron chi connectivity index (χ1n) is 15.4. The zero-order valence-corrected chi connectivity index (χ0v) is 27.6. The monoisotopic (exact) mass is 672 g/mol. The maximum absolute atomic E-state index is 14.9.